The number of nitrogens with zero attached hydrogens (tertiary/aromatic N) is 1. The first-order valence-electron chi connectivity index (χ1n) is 7.05. The van der Waals surface area contributed by atoms with E-state index in [1.807, 2.05) is 18.2 Å². The molecule has 0 saturated heterocycles. The largest absolute Gasteiger partial charge is 0.370 e. The van der Waals surface area contributed by atoms with Gasteiger partial charge in [0.25, 0.3) is 0 Å². The number of nitrogens with one attached hydrogen (secondary N) is 1. The highest BCUT2D eigenvalue weighted by atomic mass is 79.9. The Bertz CT molecular complexity index is 601. The van der Waals surface area contributed by atoms with Crippen molar-refractivity contribution in [1.82, 2.24) is 5.32 Å². The zero-order valence-corrected chi connectivity index (χ0v) is 14.7. The van der Waals surface area contributed by atoms with Gasteiger partial charge in [0.15, 0.2) is 0 Å². The second kappa shape index (κ2) is 7.83. The minimum atomic E-state index is 0.792. The van der Waals surface area contributed by atoms with E-state index in [4.69, 9.17) is 11.6 Å². The van der Waals surface area contributed by atoms with E-state index in [0.29, 0.717) is 0 Å². The number of hydrogen-bond donors (Lipinski definition) is 1. The summed E-state index contributed by atoms with van der Waals surface area (Å²) in [5.74, 6) is 0. The fraction of sp³-hybridized carbons (Fsp3) is 0.294. The molecular weight excluding hydrogens is 348 g/mol. The summed E-state index contributed by atoms with van der Waals surface area (Å²) in [6, 6.07) is 14.4. The van der Waals surface area contributed by atoms with E-state index in [0.717, 1.165) is 34.7 Å². The van der Waals surface area contributed by atoms with E-state index in [1.165, 1.54) is 11.3 Å². The predicted octanol–water partition coefficient (Wildman–Crippen LogP) is 4.85. The maximum atomic E-state index is 6.26. The summed E-state index contributed by atoms with van der Waals surface area (Å²) in [4.78, 5) is 2.24. The zero-order valence-electron chi connectivity index (χ0n) is 12.4. The van der Waals surface area contributed by atoms with Crippen molar-refractivity contribution >= 4 is 33.2 Å². The van der Waals surface area contributed by atoms with Crippen LogP contribution in [0.2, 0.25) is 5.02 Å². The minimum absolute atomic E-state index is 0.792. The van der Waals surface area contributed by atoms with Crippen LogP contribution >= 0.6 is 27.5 Å². The van der Waals surface area contributed by atoms with E-state index in [2.05, 4.69) is 64.4 Å². The molecule has 2 nitrogen and oxygen atoms in total. The molecule has 0 aliphatic carbocycles. The van der Waals surface area contributed by atoms with Crippen LogP contribution in [-0.4, -0.2) is 13.6 Å². The van der Waals surface area contributed by atoms with Gasteiger partial charge in [0, 0.05) is 35.3 Å². The van der Waals surface area contributed by atoms with Crippen LogP contribution in [0.25, 0.3) is 0 Å². The molecule has 0 spiro atoms. The van der Waals surface area contributed by atoms with E-state index >= 15 is 0 Å². The lowest BCUT2D eigenvalue weighted by Gasteiger charge is -2.23. The minimum Gasteiger partial charge on any atom is -0.370 e. The number of halogens is 2. The van der Waals surface area contributed by atoms with Crippen LogP contribution < -0.4 is 10.2 Å². The summed E-state index contributed by atoms with van der Waals surface area (Å²) in [5.41, 5.74) is 3.64. The summed E-state index contributed by atoms with van der Waals surface area (Å²) in [6.45, 7) is 4.73. The van der Waals surface area contributed by atoms with Crippen LogP contribution in [0, 0.1) is 0 Å². The standard InChI is InChI=1S/C17H20BrClN2/c1-3-20-11-14-10-15(18)8-9-17(14)21(2)12-13-6-4-5-7-16(13)19/h4-10,20H,3,11-12H2,1-2H3. The monoisotopic (exact) mass is 366 g/mol. The molecule has 0 heterocycles. The summed E-state index contributed by atoms with van der Waals surface area (Å²) in [7, 11) is 2.10. The predicted molar refractivity (Wildman–Crippen MR) is 95.1 cm³/mol. The van der Waals surface area contributed by atoms with Crippen molar-refractivity contribution in [2.75, 3.05) is 18.5 Å². The van der Waals surface area contributed by atoms with Gasteiger partial charge in [-0.2, -0.15) is 0 Å². The molecule has 0 radical (unpaired) electrons. The van der Waals surface area contributed by atoms with E-state index < -0.39 is 0 Å². The highest BCUT2D eigenvalue weighted by molar-refractivity contribution is 9.10. The van der Waals surface area contributed by atoms with Gasteiger partial charge in [0.1, 0.15) is 0 Å². The molecule has 2 rings (SSSR count). The maximum Gasteiger partial charge on any atom is 0.0455 e. The first-order valence-corrected chi connectivity index (χ1v) is 8.22. The van der Waals surface area contributed by atoms with Crippen molar-refractivity contribution in [1.29, 1.82) is 0 Å². The Balaban J connectivity index is 2.22. The summed E-state index contributed by atoms with van der Waals surface area (Å²) >= 11 is 9.81. The fourth-order valence-electron chi connectivity index (χ4n) is 2.30. The summed E-state index contributed by atoms with van der Waals surface area (Å²) in [6.07, 6.45) is 0. The number of benzene rings is 2. The molecule has 0 unspecified atom stereocenters. The number of hydrogen-bond acceptors (Lipinski definition) is 2. The highest BCUT2D eigenvalue weighted by Crippen LogP contribution is 2.26. The third kappa shape index (κ3) is 4.47. The highest BCUT2D eigenvalue weighted by Gasteiger charge is 2.10. The SMILES string of the molecule is CCNCc1cc(Br)ccc1N(C)Cc1ccccc1Cl. The van der Waals surface area contributed by atoms with Crippen LogP contribution in [-0.2, 0) is 13.1 Å². The molecule has 1 N–H and O–H groups in total. The molecule has 0 aromatic heterocycles. The number of rotatable bonds is 6. The van der Waals surface area contributed by atoms with Gasteiger partial charge in [-0.05, 0) is 41.9 Å². The van der Waals surface area contributed by atoms with Crippen LogP contribution in [0.4, 0.5) is 5.69 Å². The van der Waals surface area contributed by atoms with Crippen molar-refractivity contribution in [2.45, 2.75) is 20.0 Å². The molecule has 0 bridgehead atoms. The molecule has 0 saturated carbocycles. The lowest BCUT2D eigenvalue weighted by atomic mass is 10.1. The first kappa shape index (κ1) is 16.3. The van der Waals surface area contributed by atoms with Crippen molar-refractivity contribution in [3.8, 4) is 0 Å². The summed E-state index contributed by atoms with van der Waals surface area (Å²) in [5, 5.41) is 4.20. The van der Waals surface area contributed by atoms with Gasteiger partial charge in [-0.3, -0.25) is 0 Å². The molecule has 0 atom stereocenters. The fourth-order valence-corrected chi connectivity index (χ4v) is 2.90. The molecule has 4 heteroatoms. The molecule has 0 amide bonds. The second-order valence-corrected chi connectivity index (χ2v) is 6.32. The van der Waals surface area contributed by atoms with Gasteiger partial charge in [0.05, 0.1) is 0 Å². The zero-order chi connectivity index (χ0) is 15.2. The number of anilines is 1. The van der Waals surface area contributed by atoms with Crippen LogP contribution in [0.3, 0.4) is 0 Å². The Labute approximate surface area is 140 Å². The Morgan fingerprint density at radius 3 is 2.62 bits per heavy atom. The Kier molecular flexibility index (Phi) is 6.09. The molecule has 0 aliphatic rings. The quantitative estimate of drug-likeness (QED) is 0.785. The van der Waals surface area contributed by atoms with Gasteiger partial charge in [-0.15, -0.1) is 0 Å². The molecule has 0 fully saturated rings. The van der Waals surface area contributed by atoms with E-state index in [1.54, 1.807) is 0 Å². The Morgan fingerprint density at radius 1 is 1.14 bits per heavy atom. The van der Waals surface area contributed by atoms with E-state index in [-0.39, 0.29) is 0 Å². The molecular formula is C17H20BrClN2. The van der Waals surface area contributed by atoms with Crippen molar-refractivity contribution in [3.63, 3.8) is 0 Å². The average Bonchev–Trinajstić information content (AvgIpc) is 2.47. The normalized spacial score (nSPS) is 10.7. The molecule has 0 aliphatic heterocycles. The summed E-state index contributed by atoms with van der Waals surface area (Å²) < 4.78 is 1.10. The second-order valence-electron chi connectivity index (χ2n) is 5.00. The van der Waals surface area contributed by atoms with Crippen molar-refractivity contribution in [2.24, 2.45) is 0 Å². The third-order valence-electron chi connectivity index (χ3n) is 3.38. The topological polar surface area (TPSA) is 15.3 Å². The van der Waals surface area contributed by atoms with Crippen LogP contribution in [0.15, 0.2) is 46.9 Å². The van der Waals surface area contributed by atoms with Gasteiger partial charge in [-0.25, -0.2) is 0 Å². The Hall–Kier alpha value is -1.03. The smallest absolute Gasteiger partial charge is 0.0455 e. The lowest BCUT2D eigenvalue weighted by molar-refractivity contribution is 0.723. The van der Waals surface area contributed by atoms with Crippen molar-refractivity contribution < 1.29 is 0 Å². The van der Waals surface area contributed by atoms with Crippen LogP contribution in [0.1, 0.15) is 18.1 Å². The molecule has 21 heavy (non-hydrogen) atoms. The van der Waals surface area contributed by atoms with Gasteiger partial charge in [-0.1, -0.05) is 52.7 Å². The van der Waals surface area contributed by atoms with Gasteiger partial charge < -0.3 is 10.2 Å². The molecule has 2 aromatic carbocycles. The Morgan fingerprint density at radius 2 is 1.90 bits per heavy atom. The van der Waals surface area contributed by atoms with E-state index in [9.17, 15) is 0 Å². The maximum absolute atomic E-state index is 6.26. The molecule has 2 aromatic rings. The first-order chi connectivity index (χ1) is 10.1. The van der Waals surface area contributed by atoms with Gasteiger partial charge >= 0.3 is 0 Å². The van der Waals surface area contributed by atoms with Crippen molar-refractivity contribution in [3.05, 3.63) is 63.1 Å². The van der Waals surface area contributed by atoms with Crippen LogP contribution in [0.5, 0.6) is 0 Å². The lowest BCUT2D eigenvalue weighted by Crippen LogP contribution is -2.20. The molecule has 112 valence electrons. The third-order valence-corrected chi connectivity index (χ3v) is 4.25. The average molecular weight is 368 g/mol. The van der Waals surface area contributed by atoms with Gasteiger partial charge in [0.2, 0.25) is 0 Å².